The van der Waals surface area contributed by atoms with E-state index in [0.717, 1.165) is 0 Å². The van der Waals surface area contributed by atoms with E-state index in [1.807, 2.05) is 0 Å². The molecule has 0 radical (unpaired) electrons. The van der Waals surface area contributed by atoms with Crippen molar-refractivity contribution in [3.63, 3.8) is 0 Å². The Labute approximate surface area is 114 Å². The van der Waals surface area contributed by atoms with Gasteiger partial charge in [-0.2, -0.15) is 0 Å². The molecule has 19 heavy (non-hydrogen) atoms. The highest BCUT2D eigenvalue weighted by molar-refractivity contribution is 6.31. The number of nitrogens with one attached hydrogen (secondary N) is 2. The van der Waals surface area contributed by atoms with E-state index in [0.29, 0.717) is 41.1 Å². The van der Waals surface area contributed by atoms with Crippen LogP contribution in [-0.2, 0) is 0 Å². The zero-order valence-electron chi connectivity index (χ0n) is 9.90. The lowest BCUT2D eigenvalue weighted by molar-refractivity contribution is 0.102. The molecule has 1 amide bonds. The molecule has 0 saturated heterocycles. The molecule has 1 aromatic carbocycles. The molecule has 0 atom stereocenters. The van der Waals surface area contributed by atoms with Gasteiger partial charge in [-0.3, -0.25) is 4.79 Å². The van der Waals surface area contributed by atoms with Crippen LogP contribution in [0, 0.1) is 0 Å². The second kappa shape index (κ2) is 4.85. The molecule has 0 unspecified atom stereocenters. The molecule has 1 aromatic heterocycles. The number of hydrogen-bond acceptors (Lipinski definition) is 3. The number of carbonyl (C=O) groups excluding carboxylic acids is 1. The number of hydrogen-bond donors (Lipinski definition) is 2. The Bertz CT molecular complexity index is 624. The Kier molecular flexibility index (Phi) is 3.05. The van der Waals surface area contributed by atoms with Crippen LogP contribution in [0.2, 0.25) is 5.02 Å². The van der Waals surface area contributed by atoms with Gasteiger partial charge in [0.25, 0.3) is 5.91 Å². The molecular weight excluding hydrogens is 268 g/mol. The highest BCUT2D eigenvalue weighted by Gasteiger charge is 2.14. The van der Waals surface area contributed by atoms with Crippen molar-refractivity contribution in [3.8, 4) is 11.5 Å². The summed E-state index contributed by atoms with van der Waals surface area (Å²) in [6.45, 7) is 1.05. The maximum atomic E-state index is 11.9. The van der Waals surface area contributed by atoms with Gasteiger partial charge in [-0.15, -0.1) is 0 Å². The number of aromatic amines is 1. The third-order valence-corrected chi connectivity index (χ3v) is 2.91. The Morgan fingerprint density at radius 1 is 1.21 bits per heavy atom. The highest BCUT2D eigenvalue weighted by atomic mass is 35.5. The molecule has 0 saturated carbocycles. The SMILES string of the molecule is O=C(Nc1ccc2c(c1)OCCO2)c1cc(Cl)c[nH]1. The number of anilines is 1. The van der Waals surface area contributed by atoms with Crippen molar-refractivity contribution in [2.24, 2.45) is 0 Å². The van der Waals surface area contributed by atoms with Crippen molar-refractivity contribution in [2.75, 3.05) is 18.5 Å². The molecule has 2 heterocycles. The lowest BCUT2D eigenvalue weighted by Crippen LogP contribution is -2.16. The van der Waals surface area contributed by atoms with Crippen LogP contribution in [0.25, 0.3) is 0 Å². The normalized spacial score (nSPS) is 13.1. The lowest BCUT2D eigenvalue weighted by atomic mass is 10.2. The van der Waals surface area contributed by atoms with Gasteiger partial charge in [-0.05, 0) is 18.2 Å². The monoisotopic (exact) mass is 278 g/mol. The Balaban J connectivity index is 1.78. The molecule has 1 aliphatic rings. The minimum absolute atomic E-state index is 0.261. The largest absolute Gasteiger partial charge is 0.486 e. The van der Waals surface area contributed by atoms with Gasteiger partial charge in [0.05, 0.1) is 5.02 Å². The predicted octanol–water partition coefficient (Wildman–Crippen LogP) is 2.69. The summed E-state index contributed by atoms with van der Waals surface area (Å²) in [7, 11) is 0. The number of carbonyl (C=O) groups is 1. The van der Waals surface area contributed by atoms with Crippen molar-refractivity contribution in [2.45, 2.75) is 0 Å². The van der Waals surface area contributed by atoms with Gasteiger partial charge in [0.15, 0.2) is 11.5 Å². The summed E-state index contributed by atoms with van der Waals surface area (Å²) >= 11 is 5.75. The van der Waals surface area contributed by atoms with Crippen LogP contribution >= 0.6 is 11.6 Å². The Morgan fingerprint density at radius 3 is 2.74 bits per heavy atom. The van der Waals surface area contributed by atoms with Crippen LogP contribution in [0.4, 0.5) is 5.69 Å². The third-order valence-electron chi connectivity index (χ3n) is 2.69. The number of rotatable bonds is 2. The Morgan fingerprint density at radius 2 is 2.00 bits per heavy atom. The standard InChI is InChI=1S/C13H11ClN2O3/c14-8-5-10(15-7-8)13(17)16-9-1-2-11-12(6-9)19-4-3-18-11/h1-2,5-7,15H,3-4H2,(H,16,17). The van der Waals surface area contributed by atoms with Crippen LogP contribution in [0.5, 0.6) is 11.5 Å². The van der Waals surface area contributed by atoms with E-state index < -0.39 is 0 Å². The summed E-state index contributed by atoms with van der Waals surface area (Å²) in [6, 6.07) is 6.83. The summed E-state index contributed by atoms with van der Waals surface area (Å²) in [6.07, 6.45) is 1.56. The van der Waals surface area contributed by atoms with E-state index in [1.54, 1.807) is 30.5 Å². The van der Waals surface area contributed by atoms with Crippen LogP contribution < -0.4 is 14.8 Å². The number of H-pyrrole nitrogens is 1. The minimum Gasteiger partial charge on any atom is -0.486 e. The van der Waals surface area contributed by atoms with Crippen LogP contribution in [0.15, 0.2) is 30.5 Å². The summed E-state index contributed by atoms with van der Waals surface area (Å²) in [5.74, 6) is 1.06. The predicted molar refractivity (Wildman–Crippen MR) is 71.2 cm³/mol. The number of benzene rings is 1. The lowest BCUT2D eigenvalue weighted by Gasteiger charge is -2.18. The summed E-state index contributed by atoms with van der Waals surface area (Å²) < 4.78 is 10.9. The second-order valence-corrected chi connectivity index (χ2v) is 4.48. The molecule has 0 fully saturated rings. The van der Waals surface area contributed by atoms with Gasteiger partial charge in [-0.25, -0.2) is 0 Å². The van der Waals surface area contributed by atoms with Gasteiger partial charge in [-0.1, -0.05) is 11.6 Å². The van der Waals surface area contributed by atoms with E-state index >= 15 is 0 Å². The van der Waals surface area contributed by atoms with Crippen molar-refractivity contribution in [3.05, 3.63) is 41.2 Å². The first-order valence-electron chi connectivity index (χ1n) is 5.77. The topological polar surface area (TPSA) is 63.4 Å². The minimum atomic E-state index is -0.261. The number of halogens is 1. The van der Waals surface area contributed by atoms with Gasteiger partial charge in [0.1, 0.15) is 18.9 Å². The Hall–Kier alpha value is -2.14. The molecule has 2 aromatic rings. The molecule has 0 spiro atoms. The summed E-state index contributed by atoms with van der Waals surface area (Å²) in [5.41, 5.74) is 1.04. The van der Waals surface area contributed by atoms with E-state index in [2.05, 4.69) is 10.3 Å². The van der Waals surface area contributed by atoms with Crippen molar-refractivity contribution in [1.82, 2.24) is 4.98 Å². The smallest absolute Gasteiger partial charge is 0.272 e. The summed E-state index contributed by atoms with van der Waals surface area (Å²) in [5, 5.41) is 3.25. The van der Waals surface area contributed by atoms with Crippen LogP contribution in [0.3, 0.4) is 0 Å². The van der Waals surface area contributed by atoms with E-state index in [9.17, 15) is 4.79 Å². The molecule has 98 valence electrons. The van der Waals surface area contributed by atoms with Crippen molar-refractivity contribution >= 4 is 23.2 Å². The average Bonchev–Trinajstić information content (AvgIpc) is 2.85. The maximum Gasteiger partial charge on any atom is 0.272 e. The van der Waals surface area contributed by atoms with E-state index in [4.69, 9.17) is 21.1 Å². The third kappa shape index (κ3) is 2.51. The number of fused-ring (bicyclic) bond motifs is 1. The number of aromatic nitrogens is 1. The zero-order valence-corrected chi connectivity index (χ0v) is 10.7. The second-order valence-electron chi connectivity index (χ2n) is 4.04. The molecule has 3 rings (SSSR count). The fourth-order valence-corrected chi connectivity index (χ4v) is 1.98. The number of amides is 1. The van der Waals surface area contributed by atoms with Gasteiger partial charge >= 0.3 is 0 Å². The zero-order chi connectivity index (χ0) is 13.2. The van der Waals surface area contributed by atoms with Gasteiger partial charge in [0.2, 0.25) is 0 Å². The first kappa shape index (κ1) is 11.9. The molecule has 2 N–H and O–H groups in total. The van der Waals surface area contributed by atoms with Crippen molar-refractivity contribution < 1.29 is 14.3 Å². The molecular formula is C13H11ClN2O3. The quantitative estimate of drug-likeness (QED) is 0.888. The maximum absolute atomic E-state index is 11.9. The van der Waals surface area contributed by atoms with Crippen molar-refractivity contribution in [1.29, 1.82) is 0 Å². The molecule has 6 heteroatoms. The highest BCUT2D eigenvalue weighted by Crippen LogP contribution is 2.32. The first-order chi connectivity index (χ1) is 9.22. The molecule has 5 nitrogen and oxygen atoms in total. The fourth-order valence-electron chi connectivity index (χ4n) is 1.82. The summed E-state index contributed by atoms with van der Waals surface area (Å²) in [4.78, 5) is 14.7. The van der Waals surface area contributed by atoms with E-state index in [-0.39, 0.29) is 5.91 Å². The molecule has 0 aliphatic carbocycles. The average molecular weight is 279 g/mol. The van der Waals surface area contributed by atoms with E-state index in [1.165, 1.54) is 0 Å². The van der Waals surface area contributed by atoms with Crippen LogP contribution in [0.1, 0.15) is 10.5 Å². The van der Waals surface area contributed by atoms with Gasteiger partial charge in [0, 0.05) is 18.0 Å². The first-order valence-corrected chi connectivity index (χ1v) is 6.15. The number of ether oxygens (including phenoxy) is 2. The molecule has 1 aliphatic heterocycles. The van der Waals surface area contributed by atoms with Crippen LogP contribution in [-0.4, -0.2) is 24.1 Å². The fraction of sp³-hybridized carbons (Fsp3) is 0.154. The molecule has 0 bridgehead atoms. The van der Waals surface area contributed by atoms with Gasteiger partial charge < -0.3 is 19.8 Å².